The second kappa shape index (κ2) is 4.80. The van der Waals surface area contributed by atoms with Crippen LogP contribution in [0.5, 0.6) is 5.75 Å². The molecule has 96 valence electrons. The normalized spacial score (nSPS) is 18.3. The van der Waals surface area contributed by atoms with Crippen LogP contribution >= 0.6 is 0 Å². The molecule has 0 fully saturated rings. The number of phenolic OH excluding ortho intramolecular Hbond substituents is 1. The Morgan fingerprint density at radius 2 is 2.17 bits per heavy atom. The molecular weight excluding hydrogens is 230 g/mol. The van der Waals surface area contributed by atoms with Crippen molar-refractivity contribution in [3.05, 3.63) is 29.3 Å². The molecule has 1 unspecified atom stereocenters. The molecule has 2 rings (SSSR count). The van der Waals surface area contributed by atoms with E-state index in [9.17, 15) is 14.7 Å². The number of carbonyl (C=O) groups is 2. The van der Waals surface area contributed by atoms with Gasteiger partial charge in [-0.05, 0) is 36.6 Å². The Morgan fingerprint density at radius 1 is 1.44 bits per heavy atom. The molecule has 1 atom stereocenters. The van der Waals surface area contributed by atoms with E-state index in [-0.39, 0.29) is 29.8 Å². The predicted octanol–water partition coefficient (Wildman–Crippen LogP) is 1.62. The zero-order valence-corrected chi connectivity index (χ0v) is 10.6. The number of aryl methyl sites for hydroxylation is 1. The number of nitrogens with zero attached hydrogens (tertiary/aromatic N) is 1. The number of benzene rings is 1. The summed E-state index contributed by atoms with van der Waals surface area (Å²) < 4.78 is 0. The lowest BCUT2D eigenvalue weighted by Gasteiger charge is -2.24. The van der Waals surface area contributed by atoms with E-state index in [0.29, 0.717) is 12.0 Å². The summed E-state index contributed by atoms with van der Waals surface area (Å²) in [7, 11) is 3.39. The van der Waals surface area contributed by atoms with Gasteiger partial charge in [0.2, 0.25) is 5.91 Å². The number of amides is 1. The lowest BCUT2D eigenvalue weighted by molar-refractivity contribution is -0.129. The lowest BCUT2D eigenvalue weighted by atomic mass is 9.81. The Kier molecular flexibility index (Phi) is 3.36. The number of hydrogen-bond acceptors (Lipinski definition) is 3. The number of phenols is 1. The van der Waals surface area contributed by atoms with Crippen LogP contribution in [-0.2, 0) is 11.2 Å². The molecule has 4 nitrogen and oxygen atoms in total. The summed E-state index contributed by atoms with van der Waals surface area (Å²) in [5, 5.41) is 9.39. The van der Waals surface area contributed by atoms with Gasteiger partial charge in [0.15, 0.2) is 5.78 Å². The van der Waals surface area contributed by atoms with E-state index >= 15 is 0 Å². The van der Waals surface area contributed by atoms with Crippen LogP contribution in [0.3, 0.4) is 0 Å². The van der Waals surface area contributed by atoms with Crippen molar-refractivity contribution in [2.45, 2.75) is 19.3 Å². The number of Topliss-reactive ketones (excluding diaryl/α,β-unsaturated/α-hetero) is 1. The number of rotatable bonds is 2. The van der Waals surface area contributed by atoms with Crippen molar-refractivity contribution in [3.63, 3.8) is 0 Å². The summed E-state index contributed by atoms with van der Waals surface area (Å²) in [6.07, 6.45) is 1.68. The second-order valence-electron chi connectivity index (χ2n) is 4.93. The zero-order chi connectivity index (χ0) is 13.3. The van der Waals surface area contributed by atoms with Gasteiger partial charge in [-0.1, -0.05) is 0 Å². The number of aromatic hydroxyl groups is 1. The fourth-order valence-electron chi connectivity index (χ4n) is 2.30. The van der Waals surface area contributed by atoms with Gasteiger partial charge in [0.05, 0.1) is 0 Å². The molecule has 0 heterocycles. The van der Waals surface area contributed by atoms with Gasteiger partial charge >= 0.3 is 0 Å². The van der Waals surface area contributed by atoms with E-state index in [0.717, 1.165) is 12.0 Å². The third kappa shape index (κ3) is 2.37. The predicted molar refractivity (Wildman–Crippen MR) is 67.6 cm³/mol. The Bertz CT molecular complexity index is 494. The quantitative estimate of drug-likeness (QED) is 0.864. The maximum atomic E-state index is 12.2. The van der Waals surface area contributed by atoms with Crippen LogP contribution in [0.4, 0.5) is 0 Å². The SMILES string of the molecule is CN(C)C(=O)CC1CCc2cc(O)ccc2C1=O. The van der Waals surface area contributed by atoms with Crippen LogP contribution in [0.1, 0.15) is 28.8 Å². The summed E-state index contributed by atoms with van der Waals surface area (Å²) in [6, 6.07) is 4.81. The summed E-state index contributed by atoms with van der Waals surface area (Å²) in [6.45, 7) is 0. The monoisotopic (exact) mass is 247 g/mol. The number of hydrogen-bond donors (Lipinski definition) is 1. The van der Waals surface area contributed by atoms with Crippen LogP contribution < -0.4 is 0 Å². The maximum absolute atomic E-state index is 12.2. The molecule has 0 aromatic heterocycles. The molecule has 0 aliphatic heterocycles. The van der Waals surface area contributed by atoms with Gasteiger partial charge in [-0.2, -0.15) is 0 Å². The van der Waals surface area contributed by atoms with Crippen molar-refractivity contribution in [1.29, 1.82) is 0 Å². The molecule has 1 aromatic carbocycles. The van der Waals surface area contributed by atoms with Gasteiger partial charge in [-0.25, -0.2) is 0 Å². The van der Waals surface area contributed by atoms with Crippen molar-refractivity contribution in [1.82, 2.24) is 4.90 Å². The molecule has 0 radical (unpaired) electrons. The Balaban J connectivity index is 2.18. The maximum Gasteiger partial charge on any atom is 0.222 e. The van der Waals surface area contributed by atoms with Crippen molar-refractivity contribution in [2.75, 3.05) is 14.1 Å². The highest BCUT2D eigenvalue weighted by Gasteiger charge is 2.29. The van der Waals surface area contributed by atoms with Gasteiger partial charge in [0.1, 0.15) is 5.75 Å². The summed E-state index contributed by atoms with van der Waals surface area (Å²) in [5.74, 6) is -0.0386. The zero-order valence-electron chi connectivity index (χ0n) is 10.6. The molecule has 1 aromatic rings. The van der Waals surface area contributed by atoms with E-state index in [4.69, 9.17) is 0 Å². The first-order valence-electron chi connectivity index (χ1n) is 6.05. The Morgan fingerprint density at radius 3 is 2.83 bits per heavy atom. The third-order valence-corrected chi connectivity index (χ3v) is 3.41. The lowest BCUT2D eigenvalue weighted by Crippen LogP contribution is -2.30. The van der Waals surface area contributed by atoms with Gasteiger partial charge in [-0.15, -0.1) is 0 Å². The van der Waals surface area contributed by atoms with Gasteiger partial charge in [-0.3, -0.25) is 9.59 Å². The molecule has 1 amide bonds. The first kappa shape index (κ1) is 12.6. The molecule has 1 aliphatic carbocycles. The average Bonchev–Trinajstić information content (AvgIpc) is 2.32. The van der Waals surface area contributed by atoms with E-state index in [1.165, 1.54) is 11.0 Å². The average molecular weight is 247 g/mol. The fraction of sp³-hybridized carbons (Fsp3) is 0.429. The molecule has 1 aliphatic rings. The largest absolute Gasteiger partial charge is 0.508 e. The molecular formula is C14H17NO3. The van der Waals surface area contributed by atoms with Gasteiger partial charge in [0, 0.05) is 32.0 Å². The van der Waals surface area contributed by atoms with Crippen LogP contribution in [-0.4, -0.2) is 35.8 Å². The van der Waals surface area contributed by atoms with Crippen LogP contribution in [0.15, 0.2) is 18.2 Å². The molecule has 0 bridgehead atoms. The van der Waals surface area contributed by atoms with Crippen molar-refractivity contribution in [3.8, 4) is 5.75 Å². The minimum atomic E-state index is -0.225. The molecule has 1 N–H and O–H groups in total. The summed E-state index contributed by atoms with van der Waals surface area (Å²) >= 11 is 0. The van der Waals surface area contributed by atoms with E-state index in [2.05, 4.69) is 0 Å². The van der Waals surface area contributed by atoms with Crippen molar-refractivity contribution < 1.29 is 14.7 Å². The topological polar surface area (TPSA) is 57.6 Å². The summed E-state index contributed by atoms with van der Waals surface area (Å²) in [5.41, 5.74) is 1.53. The second-order valence-corrected chi connectivity index (χ2v) is 4.93. The fourth-order valence-corrected chi connectivity index (χ4v) is 2.30. The number of fused-ring (bicyclic) bond motifs is 1. The molecule has 0 spiro atoms. The van der Waals surface area contributed by atoms with Gasteiger partial charge in [0.25, 0.3) is 0 Å². The van der Waals surface area contributed by atoms with Crippen LogP contribution in [0.25, 0.3) is 0 Å². The number of carbonyl (C=O) groups excluding carboxylic acids is 2. The standard InChI is InChI=1S/C14H17NO3/c1-15(2)13(17)8-10-4-3-9-7-11(16)5-6-12(9)14(10)18/h5-7,10,16H,3-4,8H2,1-2H3. The molecule has 4 heteroatoms. The Hall–Kier alpha value is -1.84. The molecule has 0 saturated carbocycles. The van der Waals surface area contributed by atoms with E-state index < -0.39 is 0 Å². The highest BCUT2D eigenvalue weighted by atomic mass is 16.3. The van der Waals surface area contributed by atoms with E-state index in [1.54, 1.807) is 26.2 Å². The smallest absolute Gasteiger partial charge is 0.222 e. The van der Waals surface area contributed by atoms with Crippen molar-refractivity contribution in [2.24, 2.45) is 5.92 Å². The highest BCUT2D eigenvalue weighted by molar-refractivity contribution is 6.02. The first-order valence-corrected chi connectivity index (χ1v) is 6.05. The minimum absolute atomic E-state index is 0.0180. The van der Waals surface area contributed by atoms with Crippen LogP contribution in [0.2, 0.25) is 0 Å². The summed E-state index contributed by atoms with van der Waals surface area (Å²) in [4.78, 5) is 25.4. The van der Waals surface area contributed by atoms with Gasteiger partial charge < -0.3 is 10.0 Å². The molecule has 0 saturated heterocycles. The molecule has 18 heavy (non-hydrogen) atoms. The van der Waals surface area contributed by atoms with E-state index in [1.807, 2.05) is 0 Å². The Labute approximate surface area is 106 Å². The van der Waals surface area contributed by atoms with Crippen LogP contribution in [0, 0.1) is 5.92 Å². The minimum Gasteiger partial charge on any atom is -0.508 e. The highest BCUT2D eigenvalue weighted by Crippen LogP contribution is 2.30. The number of ketones is 1. The van der Waals surface area contributed by atoms with Crippen molar-refractivity contribution >= 4 is 11.7 Å². The third-order valence-electron chi connectivity index (χ3n) is 3.41. The first-order chi connectivity index (χ1) is 8.49.